The number of benzene rings is 1. The Kier molecular flexibility index (Phi) is 6.01. The molecule has 2 rings (SSSR count). The fourth-order valence-corrected chi connectivity index (χ4v) is 2.79. The van der Waals surface area contributed by atoms with E-state index >= 15 is 0 Å². The number of rotatable bonds is 6. The van der Waals surface area contributed by atoms with Crippen LogP contribution in [0.5, 0.6) is 5.75 Å². The van der Waals surface area contributed by atoms with E-state index in [1.807, 2.05) is 31.3 Å². The number of likely N-dealkylation sites (N-methyl/N-ethyl adjacent to an activating group) is 1. The molecular formula is C18H25NO3. The lowest BCUT2D eigenvalue weighted by atomic mass is 10.0. The second-order valence-corrected chi connectivity index (χ2v) is 5.69. The molecule has 0 aliphatic carbocycles. The van der Waals surface area contributed by atoms with E-state index in [0.29, 0.717) is 18.5 Å². The quantitative estimate of drug-likeness (QED) is 0.758. The van der Waals surface area contributed by atoms with Gasteiger partial charge < -0.3 is 14.4 Å². The van der Waals surface area contributed by atoms with Crippen molar-refractivity contribution in [3.63, 3.8) is 0 Å². The minimum absolute atomic E-state index is 0.0159. The van der Waals surface area contributed by atoms with Crippen molar-refractivity contribution in [1.82, 2.24) is 4.90 Å². The molecule has 4 heteroatoms. The molecule has 0 spiro atoms. The Morgan fingerprint density at radius 3 is 2.95 bits per heavy atom. The van der Waals surface area contributed by atoms with Crippen molar-refractivity contribution in [2.45, 2.75) is 31.8 Å². The van der Waals surface area contributed by atoms with Gasteiger partial charge in [0.05, 0.1) is 13.2 Å². The molecule has 1 aliphatic rings. The largest absolute Gasteiger partial charge is 0.496 e. The van der Waals surface area contributed by atoms with Crippen LogP contribution in [-0.4, -0.2) is 44.2 Å². The summed E-state index contributed by atoms with van der Waals surface area (Å²) in [6.07, 6.45) is 5.98. The lowest BCUT2D eigenvalue weighted by Gasteiger charge is -2.27. The molecular weight excluding hydrogens is 278 g/mol. The minimum atomic E-state index is 0.0159. The Hall–Kier alpha value is -1.81. The number of carbonyl (C=O) groups is 1. The highest BCUT2D eigenvalue weighted by Crippen LogP contribution is 2.22. The summed E-state index contributed by atoms with van der Waals surface area (Å²) in [6, 6.07) is 5.55. The van der Waals surface area contributed by atoms with Gasteiger partial charge in [0.1, 0.15) is 5.75 Å². The summed E-state index contributed by atoms with van der Waals surface area (Å²) < 4.78 is 11.0. The third kappa shape index (κ3) is 4.10. The number of carbonyl (C=O) groups excluding carboxylic acids is 1. The number of amides is 1. The lowest BCUT2D eigenvalue weighted by molar-refractivity contribution is -0.000189. The van der Waals surface area contributed by atoms with Crippen LogP contribution in [0.25, 0.3) is 0 Å². The molecule has 0 saturated carbocycles. The SMILES string of the molecule is C=CCc1cc(C(=O)N(C)C[C@@H]2CCCCO2)ccc1OC. The van der Waals surface area contributed by atoms with E-state index in [-0.39, 0.29) is 12.0 Å². The number of allylic oxidation sites excluding steroid dienone is 1. The molecule has 1 saturated heterocycles. The summed E-state index contributed by atoms with van der Waals surface area (Å²) in [5.74, 6) is 0.803. The second kappa shape index (κ2) is 7.99. The first kappa shape index (κ1) is 16.6. The van der Waals surface area contributed by atoms with E-state index in [0.717, 1.165) is 30.8 Å². The predicted molar refractivity (Wildman–Crippen MR) is 87.4 cm³/mol. The van der Waals surface area contributed by atoms with Gasteiger partial charge in [0.2, 0.25) is 0 Å². The third-order valence-electron chi connectivity index (χ3n) is 3.99. The zero-order valence-electron chi connectivity index (χ0n) is 13.5. The summed E-state index contributed by atoms with van der Waals surface area (Å²) >= 11 is 0. The molecule has 0 aromatic heterocycles. The molecule has 1 fully saturated rings. The van der Waals surface area contributed by atoms with E-state index in [1.165, 1.54) is 6.42 Å². The van der Waals surface area contributed by atoms with Crippen molar-refractivity contribution in [2.24, 2.45) is 0 Å². The van der Waals surface area contributed by atoms with Gasteiger partial charge in [-0.1, -0.05) is 6.08 Å². The molecule has 120 valence electrons. The van der Waals surface area contributed by atoms with Crippen molar-refractivity contribution < 1.29 is 14.3 Å². The van der Waals surface area contributed by atoms with Gasteiger partial charge in [-0.2, -0.15) is 0 Å². The number of nitrogens with zero attached hydrogens (tertiary/aromatic N) is 1. The van der Waals surface area contributed by atoms with Gasteiger partial charge in [-0.05, 0) is 49.4 Å². The molecule has 1 atom stereocenters. The molecule has 4 nitrogen and oxygen atoms in total. The zero-order valence-corrected chi connectivity index (χ0v) is 13.5. The average molecular weight is 303 g/mol. The number of methoxy groups -OCH3 is 1. The molecule has 1 aliphatic heterocycles. The maximum Gasteiger partial charge on any atom is 0.253 e. The van der Waals surface area contributed by atoms with Crippen molar-refractivity contribution in [3.8, 4) is 5.75 Å². The molecule has 0 N–H and O–H groups in total. The average Bonchev–Trinajstić information content (AvgIpc) is 2.55. The smallest absolute Gasteiger partial charge is 0.253 e. The molecule has 1 amide bonds. The Bertz CT molecular complexity index is 521. The first-order chi connectivity index (χ1) is 10.7. The number of hydrogen-bond donors (Lipinski definition) is 0. The van der Waals surface area contributed by atoms with E-state index in [9.17, 15) is 4.79 Å². The summed E-state index contributed by atoms with van der Waals surface area (Å²) in [5.41, 5.74) is 1.65. The molecule has 22 heavy (non-hydrogen) atoms. The van der Waals surface area contributed by atoms with Crippen molar-refractivity contribution >= 4 is 5.91 Å². The first-order valence-corrected chi connectivity index (χ1v) is 7.80. The van der Waals surface area contributed by atoms with Crippen LogP contribution in [-0.2, 0) is 11.2 Å². The Morgan fingerprint density at radius 2 is 2.32 bits per heavy atom. The van der Waals surface area contributed by atoms with E-state index < -0.39 is 0 Å². The highest BCUT2D eigenvalue weighted by Gasteiger charge is 2.20. The standard InChI is InChI=1S/C18H25NO3/c1-4-7-14-12-15(9-10-17(14)21-3)18(20)19(2)13-16-8-5-6-11-22-16/h4,9-10,12,16H,1,5-8,11,13H2,2-3H3/t16-/m0/s1. The van der Waals surface area contributed by atoms with Crippen molar-refractivity contribution in [2.75, 3.05) is 27.3 Å². The maximum atomic E-state index is 12.6. The van der Waals surface area contributed by atoms with Gasteiger partial charge in [-0.25, -0.2) is 0 Å². The van der Waals surface area contributed by atoms with Crippen LogP contribution in [0.1, 0.15) is 35.2 Å². The number of hydrogen-bond acceptors (Lipinski definition) is 3. The normalized spacial score (nSPS) is 17.8. The molecule has 1 aromatic rings. The summed E-state index contributed by atoms with van der Waals surface area (Å²) in [6.45, 7) is 5.20. The van der Waals surface area contributed by atoms with Gasteiger partial charge in [-0.15, -0.1) is 6.58 Å². The summed E-state index contributed by atoms with van der Waals surface area (Å²) in [7, 11) is 3.47. The highest BCUT2D eigenvalue weighted by atomic mass is 16.5. The number of ether oxygens (including phenoxy) is 2. The Labute approximate surface area is 132 Å². The van der Waals surface area contributed by atoms with Gasteiger partial charge in [-0.3, -0.25) is 4.79 Å². The maximum absolute atomic E-state index is 12.6. The van der Waals surface area contributed by atoms with Crippen LogP contribution >= 0.6 is 0 Å². The summed E-state index contributed by atoms with van der Waals surface area (Å²) in [5, 5.41) is 0. The van der Waals surface area contributed by atoms with Gasteiger partial charge in [0.25, 0.3) is 5.91 Å². The van der Waals surface area contributed by atoms with Crippen LogP contribution in [0.3, 0.4) is 0 Å². The van der Waals surface area contributed by atoms with Gasteiger partial charge >= 0.3 is 0 Å². The van der Waals surface area contributed by atoms with E-state index in [4.69, 9.17) is 9.47 Å². The molecule has 0 unspecified atom stereocenters. The molecule has 1 heterocycles. The highest BCUT2D eigenvalue weighted by molar-refractivity contribution is 5.94. The molecule has 0 radical (unpaired) electrons. The van der Waals surface area contributed by atoms with Gasteiger partial charge in [0, 0.05) is 25.8 Å². The van der Waals surface area contributed by atoms with E-state index in [2.05, 4.69) is 6.58 Å². The first-order valence-electron chi connectivity index (χ1n) is 7.80. The van der Waals surface area contributed by atoms with Crippen LogP contribution in [0.4, 0.5) is 0 Å². The second-order valence-electron chi connectivity index (χ2n) is 5.69. The monoisotopic (exact) mass is 303 g/mol. The third-order valence-corrected chi connectivity index (χ3v) is 3.99. The van der Waals surface area contributed by atoms with Crippen LogP contribution < -0.4 is 4.74 Å². The Balaban J connectivity index is 2.07. The van der Waals surface area contributed by atoms with Crippen molar-refractivity contribution in [3.05, 3.63) is 42.0 Å². The van der Waals surface area contributed by atoms with Gasteiger partial charge in [0.15, 0.2) is 0 Å². The Morgan fingerprint density at radius 1 is 1.50 bits per heavy atom. The predicted octanol–water partition coefficient (Wildman–Crippen LogP) is 3.06. The lowest BCUT2D eigenvalue weighted by Crippen LogP contribution is -2.37. The molecule has 1 aromatic carbocycles. The summed E-state index contributed by atoms with van der Waals surface area (Å²) in [4.78, 5) is 14.3. The molecule has 0 bridgehead atoms. The topological polar surface area (TPSA) is 38.8 Å². The van der Waals surface area contributed by atoms with Crippen LogP contribution in [0, 0.1) is 0 Å². The van der Waals surface area contributed by atoms with Crippen LogP contribution in [0.2, 0.25) is 0 Å². The van der Waals surface area contributed by atoms with Crippen molar-refractivity contribution in [1.29, 1.82) is 0 Å². The fourth-order valence-electron chi connectivity index (χ4n) is 2.79. The fraction of sp³-hybridized carbons (Fsp3) is 0.500. The van der Waals surface area contributed by atoms with E-state index in [1.54, 1.807) is 12.0 Å². The van der Waals surface area contributed by atoms with Crippen LogP contribution in [0.15, 0.2) is 30.9 Å². The minimum Gasteiger partial charge on any atom is -0.496 e. The zero-order chi connectivity index (χ0) is 15.9.